The Hall–Kier alpha value is -2.21. The second-order valence-electron chi connectivity index (χ2n) is 34.2. The van der Waals surface area contributed by atoms with E-state index in [1.165, 1.54) is 352 Å². The number of phosphoric ester groups is 2. The molecule has 0 aliphatic carbocycles. The molecule has 0 aliphatic rings. The average Bonchev–Trinajstić information content (AvgIpc) is 0.892. The highest BCUT2D eigenvalue weighted by molar-refractivity contribution is 7.48. The van der Waals surface area contributed by atoms with Gasteiger partial charge in [0.05, 0.1) is 64.9 Å². The van der Waals surface area contributed by atoms with Crippen molar-refractivity contribution in [2.24, 2.45) is 17.6 Å². The lowest BCUT2D eigenvalue weighted by molar-refractivity contribution is -0.123. The Morgan fingerprint density at radius 2 is 0.600 bits per heavy atom. The average molecular weight is 1670 g/mol. The minimum Gasteiger partial charge on any atom is -0.444 e. The summed E-state index contributed by atoms with van der Waals surface area (Å²) in [5, 5.41) is 8.76. The van der Waals surface area contributed by atoms with Crippen molar-refractivity contribution in [2.45, 2.75) is 478 Å². The highest BCUT2D eigenvalue weighted by atomic mass is 31.2. The monoisotopic (exact) mass is 1670 g/mol. The molecule has 0 aromatic carbocycles. The van der Waals surface area contributed by atoms with Crippen molar-refractivity contribution in [3.05, 3.63) is 25.3 Å². The molecule has 5 N–H and O–H groups in total. The SMILES string of the molecule is C=CCOP(=O)(OCCN)OC[C@@H](COCC[C@H](CCCCCCC)CCCCCCCCCCCCC)NC(=O)CCCCCCCCCCCCC.C=CCOP(=O)(OCCNC(=O)OC(C)(C)C)OC[C@@H](COCC[C@H](CCCCCCC)CCCCCCCCCCCCC)NC(=O)CCCCCCCCCCCCC. The minimum absolute atomic E-state index is 0.0210. The van der Waals surface area contributed by atoms with E-state index >= 15 is 0 Å². The molecule has 0 bridgehead atoms. The maximum atomic E-state index is 13.6. The fourth-order valence-corrected chi connectivity index (χ4v) is 16.9. The number of nitrogens with one attached hydrogen (secondary N) is 3. The second kappa shape index (κ2) is 88.1. The Kier molecular flexibility index (Phi) is 88.0. The molecule has 0 radical (unpaired) electrons. The second-order valence-corrected chi connectivity index (χ2v) is 37.5. The molecule has 6 atom stereocenters. The van der Waals surface area contributed by atoms with Gasteiger partial charge in [-0.05, 0) is 58.3 Å². The molecule has 0 fully saturated rings. The van der Waals surface area contributed by atoms with E-state index < -0.39 is 39.4 Å². The van der Waals surface area contributed by atoms with Crippen molar-refractivity contribution < 1.29 is 64.9 Å². The third-order valence-corrected chi connectivity index (χ3v) is 24.4. The van der Waals surface area contributed by atoms with Crippen LogP contribution >= 0.6 is 15.6 Å². The number of carbonyl (C=O) groups excluding carboxylic acids is 3. The lowest BCUT2D eigenvalue weighted by Gasteiger charge is -2.23. The van der Waals surface area contributed by atoms with E-state index in [1.54, 1.807) is 20.8 Å². The number of phosphoric acid groups is 2. The summed E-state index contributed by atoms with van der Waals surface area (Å²) in [4.78, 5) is 38.3. The van der Waals surface area contributed by atoms with Crippen LogP contribution in [0.4, 0.5) is 4.79 Å². The summed E-state index contributed by atoms with van der Waals surface area (Å²) < 4.78 is 77.9. The van der Waals surface area contributed by atoms with E-state index in [-0.39, 0.29) is 77.8 Å². The summed E-state index contributed by atoms with van der Waals surface area (Å²) in [6.07, 6.45) is 80.1. The first-order chi connectivity index (χ1) is 55.9. The Bertz CT molecular complexity index is 2200. The topological polar surface area (TPSA) is 231 Å². The van der Waals surface area contributed by atoms with E-state index in [1.807, 2.05) is 0 Å². The fourth-order valence-electron chi connectivity index (χ4n) is 14.5. The van der Waals surface area contributed by atoms with E-state index in [0.29, 0.717) is 37.9 Å². The van der Waals surface area contributed by atoms with Crippen molar-refractivity contribution in [1.29, 1.82) is 0 Å². The predicted octanol–water partition coefficient (Wildman–Crippen LogP) is 28.7. The Balaban J connectivity index is 0. The minimum atomic E-state index is -4.06. The summed E-state index contributed by atoms with van der Waals surface area (Å²) in [5.41, 5.74) is 4.94. The van der Waals surface area contributed by atoms with Crippen molar-refractivity contribution >= 4 is 33.6 Å². The van der Waals surface area contributed by atoms with Crippen molar-refractivity contribution in [3.63, 3.8) is 0 Å². The number of carbonyl (C=O) groups is 3. The largest absolute Gasteiger partial charge is 0.475 e. The van der Waals surface area contributed by atoms with Gasteiger partial charge in [-0.1, -0.05) is 413 Å². The van der Waals surface area contributed by atoms with Gasteiger partial charge in [0.25, 0.3) is 0 Å². The van der Waals surface area contributed by atoms with Gasteiger partial charge in [-0.25, -0.2) is 13.9 Å². The molecule has 0 aromatic rings. The van der Waals surface area contributed by atoms with Gasteiger partial charge in [-0.15, -0.1) is 13.2 Å². The van der Waals surface area contributed by atoms with Gasteiger partial charge in [-0.3, -0.25) is 36.7 Å². The van der Waals surface area contributed by atoms with Crippen molar-refractivity contribution in [2.75, 3.05) is 79.2 Å². The molecule has 0 spiro atoms. The summed E-state index contributed by atoms with van der Waals surface area (Å²) in [7, 11) is -7.92. The number of nitrogens with two attached hydrogens (primary N) is 1. The third kappa shape index (κ3) is 85.2. The van der Waals surface area contributed by atoms with Crippen molar-refractivity contribution in [1.82, 2.24) is 16.0 Å². The molecule has 20 heteroatoms. The van der Waals surface area contributed by atoms with Crippen LogP contribution in [-0.2, 0) is 60.1 Å². The number of alkyl carbamates (subject to hydrolysis) is 1. The van der Waals surface area contributed by atoms with Gasteiger partial charge in [0, 0.05) is 39.1 Å². The third-order valence-electron chi connectivity index (χ3n) is 21.5. The number of amides is 3. The molecule has 2 unspecified atom stereocenters. The Morgan fingerprint density at radius 1 is 0.339 bits per heavy atom. The Morgan fingerprint density at radius 3 is 0.861 bits per heavy atom. The molecular formula is C95H190N4O14P2. The first-order valence-electron chi connectivity index (χ1n) is 48.6. The van der Waals surface area contributed by atoms with E-state index in [4.69, 9.17) is 47.1 Å². The molecule has 0 saturated heterocycles. The molecular weight excluding hydrogens is 1480 g/mol. The predicted molar refractivity (Wildman–Crippen MR) is 487 cm³/mol. The number of hydrogen-bond donors (Lipinski definition) is 4. The van der Waals surface area contributed by atoms with Gasteiger partial charge in [0.1, 0.15) is 5.60 Å². The van der Waals surface area contributed by atoms with E-state index in [9.17, 15) is 23.5 Å². The number of hydrogen-bond acceptors (Lipinski definition) is 15. The normalized spacial score (nSPS) is 13.8. The van der Waals surface area contributed by atoms with E-state index in [2.05, 4.69) is 70.7 Å². The zero-order valence-corrected chi connectivity index (χ0v) is 78.7. The van der Waals surface area contributed by atoms with Crippen LogP contribution in [0.5, 0.6) is 0 Å². The maximum Gasteiger partial charge on any atom is 0.475 e. The molecule has 0 aromatic heterocycles. The summed E-state index contributed by atoms with van der Waals surface area (Å²) in [6.45, 7) is 27.9. The number of unbranched alkanes of at least 4 members (excludes halogenated alkanes) is 48. The Labute approximate surface area is 710 Å². The van der Waals surface area contributed by atoms with Gasteiger partial charge >= 0.3 is 21.7 Å². The van der Waals surface area contributed by atoms with Crippen LogP contribution in [0.25, 0.3) is 0 Å². The quantitative estimate of drug-likeness (QED) is 0.0252. The van der Waals surface area contributed by atoms with Crippen molar-refractivity contribution in [3.8, 4) is 0 Å². The highest BCUT2D eigenvalue weighted by Gasteiger charge is 2.31. The standard InChI is InChI=1S/C50H99N2O8P.C45H91N2O6P/c1-8-12-15-18-20-22-24-26-28-31-34-37-46(36-33-30-17-14-10-3)39-42-56-44-47(52-48(53)38-35-32-29-27-25-23-21-19-16-13-9-2)45-59-61(55,57-41-11-4)58-43-40-51-49(54)60-50(5,6)7;1-5-9-12-15-17-19-21-23-25-28-31-34-43(33-30-27-14-11-7-3)36-39-50-41-44(42-53-54(49,51-38-8-4)52-40-37-46)47-45(48)35-32-29-26-24-22-20-18-16-13-10-6-2/h11,46-47H,4,8-10,12-45H2,1-3,5-7H3,(H,51,54)(H,52,53);8,43-44H,4-7,9-42,46H2,1-3H3,(H,47,48)/t46-,47-,61?;43-,44-,54?/m11/s1. The molecule has 0 rings (SSSR count). The summed E-state index contributed by atoms with van der Waals surface area (Å²) in [5.74, 6) is 1.18. The first kappa shape index (κ1) is 115. The zero-order chi connectivity index (χ0) is 84.8. The van der Waals surface area contributed by atoms with Gasteiger partial charge in [0.2, 0.25) is 11.8 Å². The van der Waals surface area contributed by atoms with Gasteiger partial charge in [-0.2, -0.15) is 0 Å². The van der Waals surface area contributed by atoms with E-state index in [0.717, 1.165) is 44.9 Å². The number of ether oxygens (including phenoxy) is 3. The molecule has 3 amide bonds. The molecule has 0 aliphatic heterocycles. The van der Waals surface area contributed by atoms with Crippen LogP contribution in [0.3, 0.4) is 0 Å². The maximum absolute atomic E-state index is 13.6. The van der Waals surface area contributed by atoms with Crippen LogP contribution in [0.2, 0.25) is 0 Å². The lowest BCUT2D eigenvalue weighted by Crippen LogP contribution is -2.41. The molecule has 0 heterocycles. The van der Waals surface area contributed by atoms with Crippen LogP contribution in [0.1, 0.15) is 460 Å². The first-order valence-corrected chi connectivity index (χ1v) is 51.5. The van der Waals surface area contributed by atoms with Crippen LogP contribution in [-0.4, -0.2) is 115 Å². The molecule has 0 saturated carbocycles. The highest BCUT2D eigenvalue weighted by Crippen LogP contribution is 2.50. The van der Waals surface area contributed by atoms with Gasteiger partial charge < -0.3 is 35.9 Å². The number of rotatable bonds is 91. The van der Waals surface area contributed by atoms with Crippen LogP contribution < -0.4 is 21.7 Å². The van der Waals surface area contributed by atoms with Crippen LogP contribution in [0, 0.1) is 11.8 Å². The molecule has 18 nitrogen and oxygen atoms in total. The molecule has 684 valence electrons. The van der Waals surface area contributed by atoms with Crippen LogP contribution in [0.15, 0.2) is 25.3 Å². The summed E-state index contributed by atoms with van der Waals surface area (Å²) in [6, 6.07) is -1.00. The zero-order valence-electron chi connectivity index (χ0n) is 76.9. The summed E-state index contributed by atoms with van der Waals surface area (Å²) >= 11 is 0. The molecule has 115 heavy (non-hydrogen) atoms. The smallest absolute Gasteiger partial charge is 0.444 e. The lowest BCUT2D eigenvalue weighted by atomic mass is 9.91. The van der Waals surface area contributed by atoms with Gasteiger partial charge in [0.15, 0.2) is 0 Å². The fraction of sp³-hybridized carbons (Fsp3) is 0.926.